The van der Waals surface area contributed by atoms with Crippen LogP contribution in [-0.2, 0) is 16.3 Å². The zero-order valence-electron chi connectivity index (χ0n) is 15.2. The van der Waals surface area contributed by atoms with Crippen molar-refractivity contribution in [1.29, 1.82) is 0 Å². The van der Waals surface area contributed by atoms with Crippen LogP contribution in [0, 0.1) is 0 Å². The lowest BCUT2D eigenvalue weighted by Gasteiger charge is -2.10. The maximum atomic E-state index is 12.7. The number of aromatic nitrogens is 3. The minimum Gasteiger partial charge on any atom is -0.504 e. The molecule has 9 nitrogen and oxygen atoms in total. The van der Waals surface area contributed by atoms with Crippen molar-refractivity contribution in [2.75, 3.05) is 11.6 Å². The lowest BCUT2D eigenvalue weighted by atomic mass is 10.1. The maximum absolute atomic E-state index is 12.7. The van der Waals surface area contributed by atoms with E-state index < -0.39 is 22.0 Å². The molecule has 13 heteroatoms. The Labute approximate surface area is 168 Å². The molecule has 2 aromatic heterocycles. The summed E-state index contributed by atoms with van der Waals surface area (Å²) >= 11 is 0. The number of nitrogens with zero attached hydrogens (tertiary/aromatic N) is 3. The number of aromatic hydroxyl groups is 2. The van der Waals surface area contributed by atoms with E-state index in [1.165, 1.54) is 42.7 Å². The van der Waals surface area contributed by atoms with Gasteiger partial charge in [0.2, 0.25) is 0 Å². The molecule has 0 bridgehead atoms. The Morgan fingerprint density at radius 3 is 2.23 bits per heavy atom. The number of hydrogen-bond acceptors (Lipinski definition) is 8. The highest BCUT2D eigenvalue weighted by atomic mass is 32.2. The summed E-state index contributed by atoms with van der Waals surface area (Å²) in [7, 11) is -3.67. The molecule has 160 valence electrons. The van der Waals surface area contributed by atoms with Crippen LogP contribution < -0.4 is 5.32 Å². The number of nitrogens with one attached hydrogen (secondary N) is 1. The van der Waals surface area contributed by atoms with Gasteiger partial charge in [-0.05, 0) is 30.3 Å². The third-order valence-corrected chi connectivity index (χ3v) is 3.23. The molecule has 0 amide bonds. The summed E-state index contributed by atoms with van der Waals surface area (Å²) in [4.78, 5) is 11.5. The Hall–Kier alpha value is -3.45. The minimum absolute atomic E-state index is 0.0203. The lowest BCUT2D eigenvalue weighted by molar-refractivity contribution is -0.141. The van der Waals surface area contributed by atoms with Crippen LogP contribution in [0.5, 0.6) is 11.5 Å². The van der Waals surface area contributed by atoms with Gasteiger partial charge in [-0.2, -0.15) is 21.6 Å². The average Bonchev–Trinajstić information content (AvgIpc) is 2.62. The summed E-state index contributed by atoms with van der Waals surface area (Å²) in [5.74, 6) is -0.382. The van der Waals surface area contributed by atoms with Crippen LogP contribution in [0.4, 0.5) is 24.8 Å². The minimum atomic E-state index is -4.54. The highest BCUT2D eigenvalue weighted by molar-refractivity contribution is 7.85. The topological polar surface area (TPSA) is 146 Å². The van der Waals surface area contributed by atoms with Gasteiger partial charge in [0, 0.05) is 11.6 Å². The highest BCUT2D eigenvalue weighted by Gasteiger charge is 2.32. The molecule has 30 heavy (non-hydrogen) atoms. The standard InChI is InChI=1S/C16H11F3N4O2.CH4O3S/c17-16(18,19)13-2-1-3-14(22-13)23-15-7-10(20-8-21-15)9-4-5-11(24)12(25)6-9;1-5(2,3)4/h1-8,24-25H,(H,20,21,22,23);1H3,(H,2,3,4). The molecular formula is C17H15F3N4O5S. The molecule has 0 atom stereocenters. The van der Waals surface area contributed by atoms with Crippen molar-refractivity contribution in [2.45, 2.75) is 6.18 Å². The largest absolute Gasteiger partial charge is 0.504 e. The van der Waals surface area contributed by atoms with Gasteiger partial charge in [-0.3, -0.25) is 4.55 Å². The Bertz CT molecular complexity index is 1130. The molecule has 0 aliphatic heterocycles. The smallest absolute Gasteiger partial charge is 0.433 e. The van der Waals surface area contributed by atoms with E-state index in [-0.39, 0.29) is 23.1 Å². The predicted octanol–water partition coefficient (Wildman–Crippen LogP) is 3.22. The molecule has 0 radical (unpaired) electrons. The lowest BCUT2D eigenvalue weighted by Crippen LogP contribution is -2.09. The molecule has 0 spiro atoms. The first-order valence-electron chi connectivity index (χ1n) is 7.91. The van der Waals surface area contributed by atoms with Crippen LogP contribution in [0.1, 0.15) is 5.69 Å². The van der Waals surface area contributed by atoms with Crippen molar-refractivity contribution in [1.82, 2.24) is 15.0 Å². The van der Waals surface area contributed by atoms with E-state index in [9.17, 15) is 31.8 Å². The molecule has 0 aliphatic rings. The number of anilines is 2. The second kappa shape index (κ2) is 8.92. The van der Waals surface area contributed by atoms with Crippen molar-refractivity contribution < 1.29 is 36.4 Å². The average molecular weight is 444 g/mol. The van der Waals surface area contributed by atoms with Gasteiger partial charge >= 0.3 is 6.18 Å². The third-order valence-electron chi connectivity index (χ3n) is 3.23. The fraction of sp³-hybridized carbons (Fsp3) is 0.118. The van der Waals surface area contributed by atoms with Crippen LogP contribution >= 0.6 is 0 Å². The summed E-state index contributed by atoms with van der Waals surface area (Å²) in [5.41, 5.74) is -0.118. The molecule has 3 rings (SSSR count). The number of hydrogen-bond donors (Lipinski definition) is 4. The van der Waals surface area contributed by atoms with E-state index in [0.717, 1.165) is 6.07 Å². The Kier molecular flexibility index (Phi) is 6.79. The molecule has 0 fully saturated rings. The van der Waals surface area contributed by atoms with Gasteiger partial charge in [-0.25, -0.2) is 15.0 Å². The van der Waals surface area contributed by atoms with Gasteiger partial charge in [-0.1, -0.05) is 6.07 Å². The van der Waals surface area contributed by atoms with E-state index in [0.29, 0.717) is 17.5 Å². The molecule has 2 heterocycles. The number of halogens is 3. The molecule has 4 N–H and O–H groups in total. The van der Waals surface area contributed by atoms with Crippen molar-refractivity contribution in [3.05, 3.63) is 54.5 Å². The first-order valence-corrected chi connectivity index (χ1v) is 9.76. The summed E-state index contributed by atoms with van der Waals surface area (Å²) < 4.78 is 64.0. The number of phenolic OH excluding ortho intramolecular Hbond substituents is 2. The number of pyridine rings is 1. The monoisotopic (exact) mass is 444 g/mol. The van der Waals surface area contributed by atoms with Gasteiger partial charge < -0.3 is 15.5 Å². The Balaban J connectivity index is 0.000000575. The molecule has 0 aliphatic carbocycles. The molecular weight excluding hydrogens is 429 g/mol. The van der Waals surface area contributed by atoms with E-state index in [1.807, 2.05) is 0 Å². The van der Waals surface area contributed by atoms with Crippen LogP contribution in [0.15, 0.2) is 48.8 Å². The maximum Gasteiger partial charge on any atom is 0.433 e. The fourth-order valence-corrected chi connectivity index (χ4v) is 2.06. The first-order chi connectivity index (χ1) is 13.8. The quantitative estimate of drug-likeness (QED) is 0.353. The van der Waals surface area contributed by atoms with Gasteiger partial charge in [0.25, 0.3) is 10.1 Å². The van der Waals surface area contributed by atoms with Crippen LogP contribution in [0.2, 0.25) is 0 Å². The zero-order chi connectivity index (χ0) is 22.5. The number of alkyl halides is 3. The molecule has 1 aromatic carbocycles. The van der Waals surface area contributed by atoms with Crippen molar-refractivity contribution >= 4 is 21.8 Å². The van der Waals surface area contributed by atoms with Crippen LogP contribution in [0.25, 0.3) is 11.3 Å². The van der Waals surface area contributed by atoms with Gasteiger partial charge in [0.15, 0.2) is 11.5 Å². The summed E-state index contributed by atoms with van der Waals surface area (Å²) in [6.45, 7) is 0. The zero-order valence-corrected chi connectivity index (χ0v) is 16.0. The summed E-state index contributed by atoms with van der Waals surface area (Å²) in [6, 6.07) is 9.10. The summed E-state index contributed by atoms with van der Waals surface area (Å²) in [6.07, 6.45) is -2.61. The normalized spacial score (nSPS) is 11.4. The molecule has 0 unspecified atom stereocenters. The second-order valence-electron chi connectivity index (χ2n) is 5.76. The van der Waals surface area contributed by atoms with E-state index >= 15 is 0 Å². The first kappa shape index (κ1) is 22.8. The van der Waals surface area contributed by atoms with Gasteiger partial charge in [0.05, 0.1) is 11.9 Å². The van der Waals surface area contributed by atoms with E-state index in [4.69, 9.17) is 4.55 Å². The Morgan fingerprint density at radius 1 is 0.967 bits per heavy atom. The van der Waals surface area contributed by atoms with Crippen LogP contribution in [-0.4, -0.2) is 44.4 Å². The van der Waals surface area contributed by atoms with Crippen molar-refractivity contribution in [2.24, 2.45) is 0 Å². The van der Waals surface area contributed by atoms with Crippen LogP contribution in [0.3, 0.4) is 0 Å². The Morgan fingerprint density at radius 2 is 1.63 bits per heavy atom. The number of phenols is 2. The van der Waals surface area contributed by atoms with E-state index in [1.54, 1.807) is 0 Å². The summed E-state index contributed by atoms with van der Waals surface area (Å²) in [5, 5.41) is 21.6. The molecule has 0 saturated heterocycles. The number of benzene rings is 1. The SMILES string of the molecule is CS(=O)(=O)O.Oc1ccc(-c2cc(Nc3cccc(C(F)(F)F)n3)ncn2)cc1O. The fourth-order valence-electron chi connectivity index (χ4n) is 2.06. The molecule has 3 aromatic rings. The molecule has 0 saturated carbocycles. The van der Waals surface area contributed by atoms with Crippen molar-refractivity contribution in [3.8, 4) is 22.8 Å². The third kappa shape index (κ3) is 7.18. The van der Waals surface area contributed by atoms with Gasteiger partial charge in [0.1, 0.15) is 23.7 Å². The highest BCUT2D eigenvalue weighted by Crippen LogP contribution is 2.31. The number of rotatable bonds is 3. The predicted molar refractivity (Wildman–Crippen MR) is 101 cm³/mol. The van der Waals surface area contributed by atoms with Gasteiger partial charge in [-0.15, -0.1) is 0 Å². The second-order valence-corrected chi connectivity index (χ2v) is 7.22. The van der Waals surface area contributed by atoms with E-state index in [2.05, 4.69) is 20.3 Å². The van der Waals surface area contributed by atoms with Crippen molar-refractivity contribution in [3.63, 3.8) is 0 Å².